The van der Waals surface area contributed by atoms with Crippen LogP contribution in [0.25, 0.3) is 10.1 Å². The molecule has 0 atom stereocenters. The fourth-order valence-electron chi connectivity index (χ4n) is 1.35. The largest absolute Gasteiger partial charge is 0.489 e. The second-order valence-electron chi connectivity index (χ2n) is 2.94. The number of nitrogens with two attached hydrogens (primary N) is 1. The van der Waals surface area contributed by atoms with Gasteiger partial charge in [0.15, 0.2) is 0 Å². The quantitative estimate of drug-likeness (QED) is 0.537. The Morgan fingerprint density at radius 2 is 2.00 bits per heavy atom. The van der Waals surface area contributed by atoms with Crippen molar-refractivity contribution in [2.45, 2.75) is 0 Å². The molecule has 0 spiro atoms. The van der Waals surface area contributed by atoms with Crippen LogP contribution in [0.15, 0.2) is 18.2 Å². The van der Waals surface area contributed by atoms with E-state index in [0.717, 1.165) is 13.7 Å². The molecule has 0 aliphatic rings. The van der Waals surface area contributed by atoms with E-state index in [1.807, 2.05) is 12.1 Å². The lowest BCUT2D eigenvalue weighted by Crippen LogP contribution is -2.30. The lowest BCUT2D eigenvalue weighted by Gasteiger charge is -2.01. The van der Waals surface area contributed by atoms with E-state index in [0.29, 0.717) is 10.5 Å². The molecular weight excluding hydrogens is 312 g/mol. The number of thiophene rings is 1. The van der Waals surface area contributed by atoms with Crippen LogP contribution < -0.4 is 11.2 Å². The molecule has 0 aliphatic carbocycles. The van der Waals surface area contributed by atoms with Crippen LogP contribution in [0.5, 0.6) is 0 Å². The molecule has 0 saturated heterocycles. The van der Waals surface area contributed by atoms with E-state index in [1.165, 1.54) is 11.3 Å². The van der Waals surface area contributed by atoms with Crippen molar-refractivity contribution in [1.82, 2.24) is 0 Å². The number of hydrogen-bond acceptors (Lipinski definition) is 4. The Balaban J connectivity index is 2.79. The molecular formula is C8H7BINO2S. The summed E-state index contributed by atoms with van der Waals surface area (Å²) < 4.78 is 1.81. The average molecular weight is 319 g/mol. The Labute approximate surface area is 98.8 Å². The van der Waals surface area contributed by atoms with Crippen molar-refractivity contribution >= 4 is 61.6 Å². The number of hydrogen-bond donors (Lipinski definition) is 3. The summed E-state index contributed by atoms with van der Waals surface area (Å²) in [7, 11) is -1.44. The molecule has 0 saturated carbocycles. The predicted molar refractivity (Wildman–Crippen MR) is 68.8 cm³/mol. The number of rotatable bonds is 1. The molecule has 0 amide bonds. The summed E-state index contributed by atoms with van der Waals surface area (Å²) in [6.07, 6.45) is 0. The highest BCUT2D eigenvalue weighted by atomic mass is 127. The van der Waals surface area contributed by atoms with Gasteiger partial charge in [-0.3, -0.25) is 0 Å². The molecule has 0 fully saturated rings. The summed E-state index contributed by atoms with van der Waals surface area (Å²) in [6, 6.07) is 5.56. The van der Waals surface area contributed by atoms with Crippen LogP contribution >= 0.6 is 33.9 Å². The van der Waals surface area contributed by atoms with E-state index in [2.05, 4.69) is 22.6 Å². The van der Waals surface area contributed by atoms with Crippen LogP contribution in [-0.4, -0.2) is 17.2 Å². The summed E-state index contributed by atoms with van der Waals surface area (Å²) in [5, 5.41) is 20.0. The van der Waals surface area contributed by atoms with E-state index in [1.54, 1.807) is 6.07 Å². The van der Waals surface area contributed by atoms with Crippen molar-refractivity contribution in [1.29, 1.82) is 0 Å². The molecule has 72 valence electrons. The number of halogens is 1. The van der Waals surface area contributed by atoms with Crippen molar-refractivity contribution in [3.63, 3.8) is 0 Å². The number of benzene rings is 1. The van der Waals surface area contributed by atoms with Gasteiger partial charge in [-0.1, -0.05) is 0 Å². The van der Waals surface area contributed by atoms with Crippen molar-refractivity contribution in [3.05, 3.63) is 21.8 Å². The maximum atomic E-state index is 9.17. The van der Waals surface area contributed by atoms with Gasteiger partial charge in [-0.2, -0.15) is 0 Å². The van der Waals surface area contributed by atoms with Gasteiger partial charge >= 0.3 is 7.12 Å². The van der Waals surface area contributed by atoms with Gasteiger partial charge in [-0.05, 0) is 46.2 Å². The molecule has 3 nitrogen and oxygen atoms in total. The smallest absolute Gasteiger partial charge is 0.423 e. The molecule has 0 radical (unpaired) electrons. The number of anilines is 1. The zero-order valence-corrected chi connectivity index (χ0v) is 10.0. The summed E-state index contributed by atoms with van der Waals surface area (Å²) >= 11 is 3.51. The summed E-state index contributed by atoms with van der Waals surface area (Å²) in [5.74, 6) is 0. The molecule has 0 bridgehead atoms. The molecule has 2 rings (SSSR count). The van der Waals surface area contributed by atoms with Crippen LogP contribution in [0.1, 0.15) is 0 Å². The standard InChI is InChI=1S/C8H7BINO2S/c10-5-1-4-2-7(11)14-8(4)6(3-5)9(12)13/h1-3,12-13H,11H2. The van der Waals surface area contributed by atoms with Crippen molar-refractivity contribution < 1.29 is 10.0 Å². The fraction of sp³-hybridized carbons (Fsp3) is 0. The van der Waals surface area contributed by atoms with Crippen LogP contribution in [0.4, 0.5) is 5.00 Å². The van der Waals surface area contributed by atoms with Crippen molar-refractivity contribution in [2.24, 2.45) is 0 Å². The summed E-state index contributed by atoms with van der Waals surface area (Å²) in [5.41, 5.74) is 6.18. The maximum Gasteiger partial charge on any atom is 0.489 e. The third-order valence-corrected chi connectivity index (χ3v) is 3.56. The fourth-order valence-corrected chi connectivity index (χ4v) is 2.96. The molecule has 1 aromatic carbocycles. The third-order valence-electron chi connectivity index (χ3n) is 1.91. The van der Waals surface area contributed by atoms with Gasteiger partial charge in [0.1, 0.15) is 0 Å². The Bertz CT molecular complexity index is 485. The zero-order valence-electron chi connectivity index (χ0n) is 7.07. The van der Waals surface area contributed by atoms with Gasteiger partial charge < -0.3 is 15.8 Å². The molecule has 0 unspecified atom stereocenters. The zero-order chi connectivity index (χ0) is 10.3. The van der Waals surface area contributed by atoms with Gasteiger partial charge in [0.05, 0.1) is 5.00 Å². The average Bonchev–Trinajstić information content (AvgIpc) is 2.42. The van der Waals surface area contributed by atoms with Crippen LogP contribution in [-0.2, 0) is 0 Å². The second-order valence-corrected chi connectivity index (χ2v) is 5.27. The topological polar surface area (TPSA) is 66.5 Å². The minimum Gasteiger partial charge on any atom is -0.423 e. The molecule has 14 heavy (non-hydrogen) atoms. The van der Waals surface area contributed by atoms with Crippen LogP contribution in [0.3, 0.4) is 0 Å². The minimum absolute atomic E-state index is 0.522. The minimum atomic E-state index is -1.44. The Morgan fingerprint density at radius 3 is 2.64 bits per heavy atom. The highest BCUT2D eigenvalue weighted by Crippen LogP contribution is 2.27. The summed E-state index contributed by atoms with van der Waals surface area (Å²) in [4.78, 5) is 0. The van der Waals surface area contributed by atoms with E-state index in [-0.39, 0.29) is 0 Å². The van der Waals surface area contributed by atoms with Crippen LogP contribution in [0, 0.1) is 3.57 Å². The molecule has 0 aliphatic heterocycles. The first-order chi connectivity index (χ1) is 6.58. The second kappa shape index (κ2) is 3.69. The first kappa shape index (κ1) is 10.2. The number of fused-ring (bicyclic) bond motifs is 1. The Hall–Kier alpha value is -0.305. The molecule has 1 aromatic heterocycles. The SMILES string of the molecule is Nc1cc2cc(I)cc(B(O)O)c2s1. The van der Waals surface area contributed by atoms with Gasteiger partial charge in [-0.25, -0.2) is 0 Å². The van der Waals surface area contributed by atoms with Crippen molar-refractivity contribution in [2.75, 3.05) is 5.73 Å². The molecule has 2 aromatic rings. The molecule has 1 heterocycles. The molecule has 6 heteroatoms. The van der Waals surface area contributed by atoms with Gasteiger partial charge in [0, 0.05) is 13.7 Å². The lowest BCUT2D eigenvalue weighted by atomic mass is 9.80. The maximum absolute atomic E-state index is 9.17. The Morgan fingerprint density at radius 1 is 1.29 bits per heavy atom. The van der Waals surface area contributed by atoms with Gasteiger partial charge in [0.25, 0.3) is 0 Å². The highest BCUT2D eigenvalue weighted by molar-refractivity contribution is 14.1. The van der Waals surface area contributed by atoms with E-state index >= 15 is 0 Å². The van der Waals surface area contributed by atoms with Crippen molar-refractivity contribution in [3.8, 4) is 0 Å². The summed E-state index contributed by atoms with van der Waals surface area (Å²) in [6.45, 7) is 0. The predicted octanol–water partition coefficient (Wildman–Crippen LogP) is 0.768. The highest BCUT2D eigenvalue weighted by Gasteiger charge is 2.17. The van der Waals surface area contributed by atoms with Gasteiger partial charge in [-0.15, -0.1) is 11.3 Å². The first-order valence-electron chi connectivity index (χ1n) is 3.92. The van der Waals surface area contributed by atoms with Crippen LogP contribution in [0.2, 0.25) is 0 Å². The van der Waals surface area contributed by atoms with E-state index in [4.69, 9.17) is 5.73 Å². The van der Waals surface area contributed by atoms with Gasteiger partial charge in [0.2, 0.25) is 0 Å². The first-order valence-corrected chi connectivity index (χ1v) is 5.82. The Kier molecular flexibility index (Phi) is 2.69. The number of nitrogen functional groups attached to an aromatic ring is 1. The molecule has 4 N–H and O–H groups in total. The monoisotopic (exact) mass is 319 g/mol. The van der Waals surface area contributed by atoms with E-state index in [9.17, 15) is 10.0 Å². The third kappa shape index (κ3) is 1.74. The normalized spacial score (nSPS) is 10.8. The lowest BCUT2D eigenvalue weighted by molar-refractivity contribution is 0.426. The van der Waals surface area contributed by atoms with E-state index < -0.39 is 7.12 Å².